The van der Waals surface area contributed by atoms with E-state index in [1.807, 2.05) is 11.8 Å². The molecule has 2 saturated heterocycles. The summed E-state index contributed by atoms with van der Waals surface area (Å²) in [4.78, 5) is 6.27. The maximum absolute atomic E-state index is 13.7. The summed E-state index contributed by atoms with van der Waals surface area (Å²) in [5.41, 5.74) is 5.68. The number of halogens is 3. The van der Waals surface area contributed by atoms with Gasteiger partial charge >= 0.3 is 0 Å². The molecule has 0 spiro atoms. The van der Waals surface area contributed by atoms with E-state index < -0.39 is 17.6 Å². The molecule has 0 bridgehead atoms. The second kappa shape index (κ2) is 10.5. The van der Waals surface area contributed by atoms with Gasteiger partial charge in [-0.3, -0.25) is 9.89 Å². The smallest absolute Gasteiger partial charge is 0.245 e. The van der Waals surface area contributed by atoms with Crippen LogP contribution in [0, 0.1) is 0 Å². The molecule has 146 valence electrons. The molecule has 0 saturated carbocycles. The fourth-order valence-electron chi connectivity index (χ4n) is 2.49. The molecule has 0 amide bonds. The van der Waals surface area contributed by atoms with E-state index in [4.69, 9.17) is 10.8 Å². The second-order valence-corrected chi connectivity index (χ2v) is 8.03. The van der Waals surface area contributed by atoms with Gasteiger partial charge in [0.05, 0.1) is 22.2 Å². The van der Waals surface area contributed by atoms with Crippen molar-refractivity contribution >= 4 is 21.6 Å². The molecule has 2 heterocycles. The number of aliphatic imine (C=N–C) groups is 1. The van der Waals surface area contributed by atoms with Crippen LogP contribution in [0.2, 0.25) is 0 Å². The van der Waals surface area contributed by atoms with Gasteiger partial charge < -0.3 is 16.2 Å². The number of allylic oxidation sites excluding steroid dienone is 1. The van der Waals surface area contributed by atoms with E-state index in [-0.39, 0.29) is 33.7 Å². The van der Waals surface area contributed by atoms with Gasteiger partial charge in [-0.1, -0.05) is 13.0 Å². The van der Waals surface area contributed by atoms with Crippen LogP contribution in [-0.2, 0) is 21.1 Å². The van der Waals surface area contributed by atoms with Crippen molar-refractivity contribution in [3.63, 3.8) is 0 Å². The Kier molecular flexibility index (Phi) is 10.5. The Morgan fingerprint density at radius 1 is 1.40 bits per heavy atom. The molecule has 2 rings (SSSR count). The van der Waals surface area contributed by atoms with E-state index in [2.05, 4.69) is 26.2 Å². The van der Waals surface area contributed by atoms with E-state index in [0.717, 1.165) is 10.2 Å². The summed E-state index contributed by atoms with van der Waals surface area (Å²) in [5.74, 6) is -2.69. The fourth-order valence-corrected chi connectivity index (χ4v) is 2.59. The Balaban J connectivity index is 0.000000848. The maximum Gasteiger partial charge on any atom is 0.245 e. The molecule has 1 atom stereocenters. The SMILES string of the molecule is CC(=NC1CN(C2CC[N-]CC2(F)F)C1)/C(Br)=C\N.CC(C)(C)O.[W]. The van der Waals surface area contributed by atoms with E-state index >= 15 is 0 Å². The topological polar surface area (TPSA) is 76.0 Å². The molecular weight excluding hydrogens is 566 g/mol. The van der Waals surface area contributed by atoms with Gasteiger partial charge in [-0.15, -0.1) is 6.54 Å². The van der Waals surface area contributed by atoms with Crippen LogP contribution in [0.4, 0.5) is 8.78 Å². The van der Waals surface area contributed by atoms with Gasteiger partial charge in [0.25, 0.3) is 0 Å². The Morgan fingerprint density at radius 3 is 2.36 bits per heavy atom. The van der Waals surface area contributed by atoms with Gasteiger partial charge in [-0.05, 0) is 43.6 Å². The van der Waals surface area contributed by atoms with Crippen molar-refractivity contribution in [3.05, 3.63) is 16.0 Å². The van der Waals surface area contributed by atoms with Crippen LogP contribution in [0.1, 0.15) is 34.1 Å². The number of likely N-dealkylation sites (tertiary alicyclic amines) is 1. The molecule has 0 aromatic heterocycles. The molecule has 9 heteroatoms. The van der Waals surface area contributed by atoms with Crippen LogP contribution in [0.15, 0.2) is 15.7 Å². The number of rotatable bonds is 3. The van der Waals surface area contributed by atoms with E-state index in [1.54, 1.807) is 20.8 Å². The maximum atomic E-state index is 13.7. The first-order valence-corrected chi connectivity index (χ1v) is 8.83. The normalized spacial score (nSPS) is 25.4. The summed E-state index contributed by atoms with van der Waals surface area (Å²) >= 11 is 3.29. The summed E-state index contributed by atoms with van der Waals surface area (Å²) in [7, 11) is 0. The minimum atomic E-state index is -2.69. The molecule has 25 heavy (non-hydrogen) atoms. The largest absolute Gasteiger partial charge is 0.657 e. The molecule has 2 aliphatic rings. The zero-order valence-electron chi connectivity index (χ0n) is 15.2. The quantitative estimate of drug-likeness (QED) is 0.494. The van der Waals surface area contributed by atoms with E-state index in [9.17, 15) is 8.78 Å². The molecule has 0 aromatic carbocycles. The third kappa shape index (κ3) is 9.04. The van der Waals surface area contributed by atoms with Crippen molar-refractivity contribution in [3.8, 4) is 0 Å². The van der Waals surface area contributed by atoms with Gasteiger partial charge in [-0.25, -0.2) is 8.78 Å². The Morgan fingerprint density at radius 2 is 1.92 bits per heavy atom. The molecule has 2 aliphatic heterocycles. The summed E-state index contributed by atoms with van der Waals surface area (Å²) in [6.45, 7) is 8.44. The van der Waals surface area contributed by atoms with Gasteiger partial charge in [0.15, 0.2) is 0 Å². The Hall–Kier alpha value is 0.118. The second-order valence-electron chi connectivity index (χ2n) is 7.18. The molecule has 1 unspecified atom stereocenters. The van der Waals surface area contributed by atoms with Crippen molar-refractivity contribution < 1.29 is 35.0 Å². The van der Waals surface area contributed by atoms with Gasteiger partial charge in [0, 0.05) is 46.1 Å². The van der Waals surface area contributed by atoms with Gasteiger partial charge in [-0.2, -0.15) is 0 Å². The molecule has 3 N–H and O–H groups in total. The zero-order chi connectivity index (χ0) is 18.5. The average molecular weight is 594 g/mol. The van der Waals surface area contributed by atoms with Crippen molar-refractivity contribution in [2.45, 2.75) is 57.7 Å². The number of alkyl halides is 2. The molecule has 0 aromatic rings. The molecule has 0 aliphatic carbocycles. The first-order chi connectivity index (χ1) is 10.9. The number of hydrogen-bond acceptors (Lipinski definition) is 4. The van der Waals surface area contributed by atoms with Crippen molar-refractivity contribution in [1.82, 2.24) is 4.90 Å². The summed E-state index contributed by atoms with van der Waals surface area (Å²) in [6, 6.07) is -0.590. The third-order valence-electron chi connectivity index (χ3n) is 3.57. The van der Waals surface area contributed by atoms with Crippen LogP contribution in [0.3, 0.4) is 0 Å². The third-order valence-corrected chi connectivity index (χ3v) is 4.41. The van der Waals surface area contributed by atoms with Gasteiger partial charge in [0.2, 0.25) is 5.92 Å². The van der Waals surface area contributed by atoms with Crippen LogP contribution in [-0.4, -0.2) is 65.5 Å². The first-order valence-electron chi connectivity index (χ1n) is 8.03. The zero-order valence-corrected chi connectivity index (χ0v) is 19.7. The summed E-state index contributed by atoms with van der Waals surface area (Å²) < 4.78 is 28.2. The predicted octanol–water partition coefficient (Wildman–Crippen LogP) is 2.88. The fraction of sp³-hybridized carbons (Fsp3) is 0.812. The molecule has 5 nitrogen and oxygen atoms in total. The van der Waals surface area contributed by atoms with Crippen LogP contribution in [0.25, 0.3) is 5.32 Å². The first kappa shape index (κ1) is 25.1. The van der Waals surface area contributed by atoms with Crippen LogP contribution >= 0.6 is 15.9 Å². The molecule has 0 radical (unpaired) electrons. The van der Waals surface area contributed by atoms with Crippen molar-refractivity contribution in [1.29, 1.82) is 0 Å². The monoisotopic (exact) mass is 593 g/mol. The van der Waals surface area contributed by atoms with Crippen LogP contribution in [0.5, 0.6) is 0 Å². The standard InChI is InChI=1S/C12H18BrF2N4.C4H10O.W/c1-8(10(13)4-16)18-9-5-19(6-9)11-2-3-17-7-12(11,14)15;1-4(2,3)5;/h4,9,11H,2-3,5-7,16H2,1H3;5H,1-3H3;/q-1;;/b10-4+,18-8?;;. The summed E-state index contributed by atoms with van der Waals surface area (Å²) in [5, 5.41) is 12.3. The van der Waals surface area contributed by atoms with E-state index in [0.29, 0.717) is 26.1 Å². The number of hydrogen-bond donors (Lipinski definition) is 2. The van der Waals surface area contributed by atoms with Crippen molar-refractivity contribution in [2.75, 3.05) is 26.2 Å². The predicted molar refractivity (Wildman–Crippen MR) is 98.1 cm³/mol. The number of nitrogens with zero attached hydrogens (tertiary/aromatic N) is 3. The molecular formula is C16H28BrF2N4OW-. The minimum Gasteiger partial charge on any atom is -0.657 e. The Labute approximate surface area is 171 Å². The molecule has 2 fully saturated rings. The average Bonchev–Trinajstić information content (AvgIpc) is 2.39. The van der Waals surface area contributed by atoms with E-state index in [1.165, 1.54) is 6.20 Å². The van der Waals surface area contributed by atoms with Crippen molar-refractivity contribution in [2.24, 2.45) is 10.7 Å². The number of piperidine rings is 1. The number of aliphatic hydroxyl groups is 1. The van der Waals surface area contributed by atoms with Crippen LogP contribution < -0.4 is 5.73 Å². The Bertz CT molecular complexity index is 471. The number of nitrogens with two attached hydrogens (primary N) is 1. The minimum absolute atomic E-state index is 0. The summed E-state index contributed by atoms with van der Waals surface area (Å²) in [6.07, 6.45) is 1.88. The van der Waals surface area contributed by atoms with Gasteiger partial charge in [0.1, 0.15) is 0 Å².